The highest BCUT2D eigenvalue weighted by Gasteiger charge is 2.25. The van der Waals surface area contributed by atoms with E-state index in [9.17, 15) is 9.90 Å². The smallest absolute Gasteiger partial charge is 0.222 e. The second kappa shape index (κ2) is 6.11. The van der Waals surface area contributed by atoms with Crippen LogP contribution < -0.4 is 0 Å². The first-order chi connectivity index (χ1) is 7.15. The van der Waals surface area contributed by atoms with Gasteiger partial charge in [-0.2, -0.15) is 0 Å². The monoisotopic (exact) mass is 213 g/mol. The number of likely N-dealkylation sites (tertiary alicyclic amines) is 1. The Morgan fingerprint density at radius 2 is 2.20 bits per heavy atom. The summed E-state index contributed by atoms with van der Waals surface area (Å²) in [4.78, 5) is 13.8. The van der Waals surface area contributed by atoms with Crippen LogP contribution in [0.15, 0.2) is 0 Å². The van der Waals surface area contributed by atoms with E-state index in [4.69, 9.17) is 0 Å². The predicted octanol–water partition coefficient (Wildman–Crippen LogP) is 1.80. The minimum absolute atomic E-state index is 0.0819. The van der Waals surface area contributed by atoms with E-state index in [1.165, 1.54) is 0 Å². The van der Waals surface area contributed by atoms with Crippen LogP contribution in [0.4, 0.5) is 0 Å². The summed E-state index contributed by atoms with van der Waals surface area (Å²) in [6.45, 7) is 5.22. The van der Waals surface area contributed by atoms with Gasteiger partial charge in [0.15, 0.2) is 0 Å². The van der Waals surface area contributed by atoms with Crippen molar-refractivity contribution >= 4 is 5.91 Å². The van der Waals surface area contributed by atoms with Crippen LogP contribution in [-0.4, -0.2) is 35.1 Å². The highest BCUT2D eigenvalue weighted by Crippen LogP contribution is 2.18. The molecule has 0 spiro atoms. The number of carbonyl (C=O) groups excluding carboxylic acids is 1. The van der Waals surface area contributed by atoms with Crippen molar-refractivity contribution in [1.29, 1.82) is 0 Å². The number of aliphatic hydroxyl groups excluding tert-OH is 1. The molecule has 1 rings (SSSR count). The highest BCUT2D eigenvalue weighted by atomic mass is 16.3. The quantitative estimate of drug-likeness (QED) is 0.773. The fourth-order valence-corrected chi connectivity index (χ4v) is 2.07. The Balaban J connectivity index is 2.41. The second-order valence-corrected chi connectivity index (χ2v) is 4.85. The van der Waals surface area contributed by atoms with E-state index in [0.29, 0.717) is 12.3 Å². The normalized spacial score (nSPS) is 22.1. The van der Waals surface area contributed by atoms with Crippen LogP contribution in [0.2, 0.25) is 0 Å². The van der Waals surface area contributed by atoms with Gasteiger partial charge in [0.1, 0.15) is 0 Å². The maximum atomic E-state index is 11.9. The third kappa shape index (κ3) is 3.82. The number of hydrogen-bond acceptors (Lipinski definition) is 2. The molecule has 1 unspecified atom stereocenters. The summed E-state index contributed by atoms with van der Waals surface area (Å²) >= 11 is 0. The van der Waals surface area contributed by atoms with Crippen LogP contribution in [0.25, 0.3) is 0 Å². The van der Waals surface area contributed by atoms with Gasteiger partial charge in [0.05, 0.1) is 12.6 Å². The summed E-state index contributed by atoms with van der Waals surface area (Å²) in [5.41, 5.74) is 0. The van der Waals surface area contributed by atoms with Crippen molar-refractivity contribution in [3.63, 3.8) is 0 Å². The third-order valence-corrected chi connectivity index (χ3v) is 3.09. The molecule has 1 N–H and O–H groups in total. The molecule has 1 amide bonds. The average molecular weight is 213 g/mol. The Hall–Kier alpha value is -0.570. The molecule has 1 atom stereocenters. The van der Waals surface area contributed by atoms with Crippen LogP contribution in [0.5, 0.6) is 0 Å². The molecule has 3 nitrogen and oxygen atoms in total. The molecule has 1 saturated heterocycles. The zero-order chi connectivity index (χ0) is 11.3. The topological polar surface area (TPSA) is 40.5 Å². The van der Waals surface area contributed by atoms with Crippen molar-refractivity contribution in [2.75, 3.05) is 13.2 Å². The lowest BCUT2D eigenvalue weighted by Crippen LogP contribution is -2.45. The summed E-state index contributed by atoms with van der Waals surface area (Å²) in [6.07, 6.45) is 4.77. The summed E-state index contributed by atoms with van der Waals surface area (Å²) in [5, 5.41) is 9.19. The maximum absolute atomic E-state index is 11.9. The molecule has 1 aliphatic heterocycles. The first-order valence-corrected chi connectivity index (χ1v) is 6.05. The maximum Gasteiger partial charge on any atom is 0.222 e. The molecular weight excluding hydrogens is 190 g/mol. The van der Waals surface area contributed by atoms with Crippen molar-refractivity contribution in [3.05, 3.63) is 0 Å². The molecule has 0 aromatic rings. The SMILES string of the molecule is CC(C)CCC(=O)N1CCCCC1CO. The molecule has 1 heterocycles. The number of amides is 1. The van der Waals surface area contributed by atoms with Crippen molar-refractivity contribution in [1.82, 2.24) is 4.90 Å². The average Bonchev–Trinajstić information content (AvgIpc) is 2.25. The van der Waals surface area contributed by atoms with Gasteiger partial charge in [0.25, 0.3) is 0 Å². The molecular formula is C12H23NO2. The fraction of sp³-hybridized carbons (Fsp3) is 0.917. The van der Waals surface area contributed by atoms with Gasteiger partial charge in [0.2, 0.25) is 5.91 Å². The van der Waals surface area contributed by atoms with Crippen molar-refractivity contribution in [2.45, 2.75) is 52.0 Å². The zero-order valence-electron chi connectivity index (χ0n) is 9.91. The van der Waals surface area contributed by atoms with Gasteiger partial charge in [0, 0.05) is 13.0 Å². The number of carbonyl (C=O) groups is 1. The molecule has 3 heteroatoms. The van der Waals surface area contributed by atoms with Crippen LogP contribution >= 0.6 is 0 Å². The van der Waals surface area contributed by atoms with Gasteiger partial charge in [-0.25, -0.2) is 0 Å². The summed E-state index contributed by atoms with van der Waals surface area (Å²) < 4.78 is 0. The lowest BCUT2D eigenvalue weighted by atomic mass is 10.0. The number of hydrogen-bond donors (Lipinski definition) is 1. The number of rotatable bonds is 4. The van der Waals surface area contributed by atoms with Crippen molar-refractivity contribution in [3.8, 4) is 0 Å². The number of piperidine rings is 1. The van der Waals surface area contributed by atoms with Gasteiger partial charge in [-0.15, -0.1) is 0 Å². The molecule has 0 radical (unpaired) electrons. The van der Waals surface area contributed by atoms with E-state index in [0.717, 1.165) is 32.2 Å². The largest absolute Gasteiger partial charge is 0.394 e. The minimum Gasteiger partial charge on any atom is -0.394 e. The molecule has 0 aromatic heterocycles. The van der Waals surface area contributed by atoms with Gasteiger partial charge >= 0.3 is 0 Å². The first kappa shape index (κ1) is 12.5. The Morgan fingerprint density at radius 3 is 2.80 bits per heavy atom. The molecule has 0 bridgehead atoms. The van der Waals surface area contributed by atoms with Gasteiger partial charge in [-0.1, -0.05) is 13.8 Å². The second-order valence-electron chi connectivity index (χ2n) is 4.85. The molecule has 1 aliphatic rings. The van der Waals surface area contributed by atoms with Crippen LogP contribution in [0, 0.1) is 5.92 Å². The molecule has 1 fully saturated rings. The summed E-state index contributed by atoms with van der Waals surface area (Å²) in [5.74, 6) is 0.800. The molecule has 0 aromatic carbocycles. The minimum atomic E-state index is 0.0819. The van der Waals surface area contributed by atoms with Gasteiger partial charge < -0.3 is 10.0 Å². The van der Waals surface area contributed by atoms with Crippen LogP contribution in [0.3, 0.4) is 0 Å². The molecule has 15 heavy (non-hydrogen) atoms. The Bertz CT molecular complexity index is 204. The summed E-state index contributed by atoms with van der Waals surface area (Å²) in [6, 6.07) is 0.0819. The van der Waals surface area contributed by atoms with E-state index in [-0.39, 0.29) is 18.6 Å². The third-order valence-electron chi connectivity index (χ3n) is 3.09. The van der Waals surface area contributed by atoms with Gasteiger partial charge in [-0.05, 0) is 31.6 Å². The lowest BCUT2D eigenvalue weighted by Gasteiger charge is -2.34. The Morgan fingerprint density at radius 1 is 1.47 bits per heavy atom. The van der Waals surface area contributed by atoms with E-state index in [2.05, 4.69) is 13.8 Å². The van der Waals surface area contributed by atoms with Crippen molar-refractivity contribution < 1.29 is 9.90 Å². The van der Waals surface area contributed by atoms with Crippen molar-refractivity contribution in [2.24, 2.45) is 5.92 Å². The Kier molecular flexibility index (Phi) is 5.09. The van der Waals surface area contributed by atoms with Crippen LogP contribution in [-0.2, 0) is 4.79 Å². The number of aliphatic hydroxyl groups is 1. The molecule has 0 saturated carbocycles. The van der Waals surface area contributed by atoms with E-state index >= 15 is 0 Å². The van der Waals surface area contributed by atoms with E-state index < -0.39 is 0 Å². The lowest BCUT2D eigenvalue weighted by molar-refractivity contribution is -0.136. The molecule has 88 valence electrons. The van der Waals surface area contributed by atoms with Crippen LogP contribution in [0.1, 0.15) is 46.0 Å². The first-order valence-electron chi connectivity index (χ1n) is 6.05. The zero-order valence-corrected chi connectivity index (χ0v) is 9.91. The van der Waals surface area contributed by atoms with Gasteiger partial charge in [-0.3, -0.25) is 4.79 Å². The molecule has 0 aliphatic carbocycles. The van der Waals surface area contributed by atoms with E-state index in [1.807, 2.05) is 4.90 Å². The highest BCUT2D eigenvalue weighted by molar-refractivity contribution is 5.76. The number of nitrogens with zero attached hydrogens (tertiary/aromatic N) is 1. The standard InChI is InChI=1S/C12H23NO2/c1-10(2)6-7-12(15)13-8-4-3-5-11(13)9-14/h10-11,14H,3-9H2,1-2H3. The summed E-state index contributed by atoms with van der Waals surface area (Å²) in [7, 11) is 0. The van der Waals surface area contributed by atoms with E-state index in [1.54, 1.807) is 0 Å². The fourth-order valence-electron chi connectivity index (χ4n) is 2.07. The Labute approximate surface area is 92.5 Å². The predicted molar refractivity (Wildman–Crippen MR) is 60.5 cm³/mol.